The van der Waals surface area contributed by atoms with Crippen molar-refractivity contribution in [1.29, 1.82) is 0 Å². The molecule has 0 aliphatic rings. The van der Waals surface area contributed by atoms with Crippen LogP contribution in [0.15, 0.2) is 78.9 Å². The highest BCUT2D eigenvalue weighted by molar-refractivity contribution is 6.09. The summed E-state index contributed by atoms with van der Waals surface area (Å²) in [6, 6.07) is 24.9. The zero-order valence-corrected chi connectivity index (χ0v) is 17.0. The van der Waals surface area contributed by atoms with Crippen molar-refractivity contribution in [2.45, 2.75) is 20.4 Å². The second-order valence-electron chi connectivity index (χ2n) is 7.24. The van der Waals surface area contributed by atoms with Gasteiger partial charge < -0.3 is 5.32 Å². The van der Waals surface area contributed by atoms with Crippen LogP contribution in [-0.4, -0.2) is 16.7 Å². The van der Waals surface area contributed by atoms with Crippen LogP contribution in [0.25, 0.3) is 22.2 Å². The fourth-order valence-electron chi connectivity index (χ4n) is 3.76. The summed E-state index contributed by atoms with van der Waals surface area (Å²) in [4.78, 5) is 30.0. The molecule has 0 saturated carbocycles. The second kappa shape index (κ2) is 8.29. The van der Waals surface area contributed by atoms with Crippen LogP contribution in [0.3, 0.4) is 0 Å². The fraction of sp³-hybridized carbons (Fsp3) is 0.115. The normalized spacial score (nSPS) is 10.7. The van der Waals surface area contributed by atoms with E-state index in [9.17, 15) is 9.59 Å². The van der Waals surface area contributed by atoms with E-state index in [1.807, 2.05) is 79.7 Å². The van der Waals surface area contributed by atoms with Crippen LogP contribution >= 0.6 is 0 Å². The highest BCUT2D eigenvalue weighted by Crippen LogP contribution is 2.29. The molecular weight excluding hydrogens is 372 g/mol. The Morgan fingerprint density at radius 1 is 0.867 bits per heavy atom. The summed E-state index contributed by atoms with van der Waals surface area (Å²) in [6.07, 6.45) is 0. The van der Waals surface area contributed by atoms with Crippen molar-refractivity contribution < 1.29 is 9.59 Å². The number of Topliss-reactive ketones (excluding diaryl/α,β-unsaturated/α-hetero) is 1. The number of rotatable bonds is 5. The third-order valence-electron chi connectivity index (χ3n) is 5.25. The van der Waals surface area contributed by atoms with E-state index in [1.165, 1.54) is 6.92 Å². The Bertz CT molecular complexity index is 1250. The van der Waals surface area contributed by atoms with Crippen molar-refractivity contribution in [3.63, 3.8) is 0 Å². The minimum atomic E-state index is -0.179. The molecule has 30 heavy (non-hydrogen) atoms. The Morgan fingerprint density at radius 3 is 2.30 bits per heavy atom. The van der Waals surface area contributed by atoms with Gasteiger partial charge in [0.15, 0.2) is 5.78 Å². The maximum absolute atomic E-state index is 13.3. The molecule has 0 saturated heterocycles. The Labute approximate surface area is 175 Å². The molecule has 4 rings (SSSR count). The predicted molar refractivity (Wildman–Crippen MR) is 120 cm³/mol. The summed E-state index contributed by atoms with van der Waals surface area (Å²) in [5, 5.41) is 3.82. The largest absolute Gasteiger partial charge is 0.348 e. The van der Waals surface area contributed by atoms with Crippen LogP contribution in [0.4, 0.5) is 0 Å². The number of amides is 1. The van der Waals surface area contributed by atoms with Gasteiger partial charge >= 0.3 is 0 Å². The SMILES string of the molecule is CC(=O)c1ccccc1CNC(=O)c1c(C)c(-c2ccccc2)nc2ccccc12. The monoisotopic (exact) mass is 394 g/mol. The van der Waals surface area contributed by atoms with Crippen molar-refractivity contribution in [3.8, 4) is 11.3 Å². The van der Waals surface area contributed by atoms with Crippen LogP contribution in [0.5, 0.6) is 0 Å². The molecule has 1 heterocycles. The van der Waals surface area contributed by atoms with Gasteiger partial charge in [0, 0.05) is 23.1 Å². The van der Waals surface area contributed by atoms with E-state index in [-0.39, 0.29) is 18.2 Å². The molecule has 0 aliphatic heterocycles. The maximum Gasteiger partial charge on any atom is 0.252 e. The topological polar surface area (TPSA) is 59.1 Å². The molecule has 0 aliphatic carbocycles. The number of nitrogens with one attached hydrogen (secondary N) is 1. The molecule has 4 heteroatoms. The number of ketones is 1. The summed E-state index contributed by atoms with van der Waals surface area (Å²) in [6.45, 7) is 3.75. The van der Waals surface area contributed by atoms with Gasteiger partial charge in [-0.2, -0.15) is 0 Å². The van der Waals surface area contributed by atoms with E-state index in [2.05, 4.69) is 5.32 Å². The number of hydrogen-bond acceptors (Lipinski definition) is 3. The van der Waals surface area contributed by atoms with Gasteiger partial charge in [0.2, 0.25) is 0 Å². The Hall–Kier alpha value is -3.79. The summed E-state index contributed by atoms with van der Waals surface area (Å²) in [5.74, 6) is -0.196. The minimum absolute atomic E-state index is 0.0169. The molecule has 3 aromatic carbocycles. The number of aromatic nitrogens is 1. The van der Waals surface area contributed by atoms with E-state index in [0.29, 0.717) is 11.1 Å². The van der Waals surface area contributed by atoms with Crippen molar-refractivity contribution in [2.75, 3.05) is 0 Å². The Kier molecular flexibility index (Phi) is 5.40. The Morgan fingerprint density at radius 2 is 1.53 bits per heavy atom. The van der Waals surface area contributed by atoms with E-state index in [4.69, 9.17) is 4.98 Å². The molecule has 4 nitrogen and oxygen atoms in total. The van der Waals surface area contributed by atoms with Gasteiger partial charge in [-0.05, 0) is 31.0 Å². The molecule has 0 radical (unpaired) electrons. The first kappa shape index (κ1) is 19.5. The predicted octanol–water partition coefficient (Wildman–Crippen LogP) is 5.34. The third-order valence-corrected chi connectivity index (χ3v) is 5.25. The lowest BCUT2D eigenvalue weighted by molar-refractivity contribution is 0.0948. The van der Waals surface area contributed by atoms with Crippen molar-refractivity contribution in [2.24, 2.45) is 0 Å². The molecule has 0 spiro atoms. The summed E-state index contributed by atoms with van der Waals surface area (Å²) in [5.41, 5.74) is 5.41. The van der Waals surface area contributed by atoms with Gasteiger partial charge in [0.25, 0.3) is 5.91 Å². The lowest BCUT2D eigenvalue weighted by Gasteiger charge is -2.15. The lowest BCUT2D eigenvalue weighted by Crippen LogP contribution is -2.25. The molecule has 148 valence electrons. The molecule has 0 unspecified atom stereocenters. The molecule has 1 amide bonds. The number of carbonyl (C=O) groups is 2. The van der Waals surface area contributed by atoms with E-state index in [0.717, 1.165) is 33.3 Å². The number of nitrogens with zero attached hydrogens (tertiary/aromatic N) is 1. The average Bonchev–Trinajstić information content (AvgIpc) is 2.77. The van der Waals surface area contributed by atoms with Crippen LogP contribution in [-0.2, 0) is 6.54 Å². The number of para-hydroxylation sites is 1. The molecule has 4 aromatic rings. The highest BCUT2D eigenvalue weighted by atomic mass is 16.1. The molecule has 0 bridgehead atoms. The summed E-state index contributed by atoms with van der Waals surface area (Å²) in [7, 11) is 0. The summed E-state index contributed by atoms with van der Waals surface area (Å²) >= 11 is 0. The van der Waals surface area contributed by atoms with Crippen LogP contribution < -0.4 is 5.32 Å². The van der Waals surface area contributed by atoms with Crippen LogP contribution in [0.1, 0.15) is 38.8 Å². The number of benzene rings is 3. The van der Waals surface area contributed by atoms with Gasteiger partial charge in [-0.3, -0.25) is 9.59 Å². The van der Waals surface area contributed by atoms with Gasteiger partial charge in [0.05, 0.1) is 16.8 Å². The van der Waals surface area contributed by atoms with Crippen molar-refractivity contribution >= 4 is 22.6 Å². The van der Waals surface area contributed by atoms with E-state index >= 15 is 0 Å². The first-order valence-electron chi connectivity index (χ1n) is 9.88. The smallest absolute Gasteiger partial charge is 0.252 e. The van der Waals surface area contributed by atoms with Crippen molar-refractivity contribution in [3.05, 3.63) is 101 Å². The van der Waals surface area contributed by atoms with E-state index < -0.39 is 0 Å². The molecular formula is C26H22N2O2. The maximum atomic E-state index is 13.3. The standard InChI is InChI=1S/C26H22N2O2/c1-17-24(26(30)27-16-20-12-6-7-13-21(20)18(2)29)22-14-8-9-15-23(22)28-25(17)19-10-4-3-5-11-19/h3-15H,16H2,1-2H3,(H,27,30). The highest BCUT2D eigenvalue weighted by Gasteiger charge is 2.19. The second-order valence-corrected chi connectivity index (χ2v) is 7.24. The molecule has 0 atom stereocenters. The van der Waals surface area contributed by atoms with Crippen molar-refractivity contribution in [1.82, 2.24) is 10.3 Å². The number of carbonyl (C=O) groups excluding carboxylic acids is 2. The third kappa shape index (κ3) is 3.72. The summed E-state index contributed by atoms with van der Waals surface area (Å²) < 4.78 is 0. The van der Waals surface area contributed by atoms with Crippen LogP contribution in [0, 0.1) is 6.92 Å². The lowest BCUT2D eigenvalue weighted by atomic mass is 9.97. The van der Waals surface area contributed by atoms with Gasteiger partial charge in [-0.25, -0.2) is 4.98 Å². The van der Waals surface area contributed by atoms with Gasteiger partial charge in [-0.15, -0.1) is 0 Å². The average molecular weight is 394 g/mol. The van der Waals surface area contributed by atoms with Crippen LogP contribution in [0.2, 0.25) is 0 Å². The molecule has 1 N–H and O–H groups in total. The van der Waals surface area contributed by atoms with Gasteiger partial charge in [0.1, 0.15) is 0 Å². The quantitative estimate of drug-likeness (QED) is 0.465. The number of pyridine rings is 1. The number of fused-ring (bicyclic) bond motifs is 1. The first-order chi connectivity index (χ1) is 14.6. The zero-order chi connectivity index (χ0) is 21.1. The Balaban J connectivity index is 1.76. The molecule has 0 fully saturated rings. The van der Waals surface area contributed by atoms with Gasteiger partial charge in [-0.1, -0.05) is 72.8 Å². The minimum Gasteiger partial charge on any atom is -0.348 e. The van der Waals surface area contributed by atoms with E-state index in [1.54, 1.807) is 6.07 Å². The number of hydrogen-bond donors (Lipinski definition) is 1. The zero-order valence-electron chi connectivity index (χ0n) is 17.0. The first-order valence-corrected chi connectivity index (χ1v) is 9.88. The molecule has 1 aromatic heterocycles. The fourth-order valence-corrected chi connectivity index (χ4v) is 3.76.